The van der Waals surface area contributed by atoms with E-state index in [9.17, 15) is 15.0 Å². The van der Waals surface area contributed by atoms with Crippen LogP contribution in [0.15, 0.2) is 30.3 Å². The van der Waals surface area contributed by atoms with Crippen molar-refractivity contribution in [2.75, 3.05) is 21.3 Å². The van der Waals surface area contributed by atoms with Gasteiger partial charge in [-0.25, -0.2) is 0 Å². The second kappa shape index (κ2) is 7.59. The van der Waals surface area contributed by atoms with Gasteiger partial charge in [-0.1, -0.05) is 30.3 Å². The molecule has 0 atom stereocenters. The van der Waals surface area contributed by atoms with Crippen LogP contribution in [0.25, 0.3) is 0 Å². The van der Waals surface area contributed by atoms with Crippen LogP contribution in [0.5, 0.6) is 28.7 Å². The standard InChI is InChI=1S/C18H20O6/c1-22-16-13(12(19)10-9-11-7-5-4-6-8-11)14(20)17(23-2)18(24-3)15(16)21/h4-8,20-21H,9-10H2,1-3H3. The number of aromatic hydroxyl groups is 2. The van der Waals surface area contributed by atoms with Crippen LogP contribution in [0.3, 0.4) is 0 Å². The van der Waals surface area contributed by atoms with E-state index in [4.69, 9.17) is 14.2 Å². The Bertz CT molecular complexity index is 724. The molecule has 0 fully saturated rings. The first-order valence-electron chi connectivity index (χ1n) is 7.36. The second-order valence-electron chi connectivity index (χ2n) is 5.08. The zero-order valence-corrected chi connectivity index (χ0v) is 13.8. The Balaban J connectivity index is 2.41. The molecule has 0 unspecified atom stereocenters. The third-order valence-corrected chi connectivity index (χ3v) is 3.69. The van der Waals surface area contributed by atoms with Gasteiger partial charge in [0.1, 0.15) is 5.56 Å². The van der Waals surface area contributed by atoms with Crippen molar-refractivity contribution >= 4 is 5.78 Å². The fourth-order valence-corrected chi connectivity index (χ4v) is 2.52. The van der Waals surface area contributed by atoms with E-state index in [1.54, 1.807) is 0 Å². The third kappa shape index (κ3) is 3.22. The maximum atomic E-state index is 12.6. The molecule has 0 aliphatic heterocycles. The molecule has 0 amide bonds. The molecule has 2 rings (SSSR count). The van der Waals surface area contributed by atoms with E-state index in [0.717, 1.165) is 5.56 Å². The Hall–Kier alpha value is -2.89. The molecular formula is C18H20O6. The predicted molar refractivity (Wildman–Crippen MR) is 88.5 cm³/mol. The summed E-state index contributed by atoms with van der Waals surface area (Å²) < 4.78 is 15.2. The van der Waals surface area contributed by atoms with E-state index in [-0.39, 0.29) is 35.0 Å². The summed E-state index contributed by atoms with van der Waals surface area (Å²) in [6.45, 7) is 0. The van der Waals surface area contributed by atoms with Crippen LogP contribution in [0.4, 0.5) is 0 Å². The smallest absolute Gasteiger partial charge is 0.211 e. The number of carbonyl (C=O) groups is 1. The first kappa shape index (κ1) is 17.5. The predicted octanol–water partition coefficient (Wildman–Crippen LogP) is 2.94. The maximum absolute atomic E-state index is 12.6. The van der Waals surface area contributed by atoms with Crippen molar-refractivity contribution in [1.82, 2.24) is 0 Å². The fourth-order valence-electron chi connectivity index (χ4n) is 2.52. The molecule has 0 saturated carbocycles. The Kier molecular flexibility index (Phi) is 5.52. The molecule has 128 valence electrons. The summed E-state index contributed by atoms with van der Waals surface area (Å²) in [5.74, 6) is -1.52. The van der Waals surface area contributed by atoms with Crippen LogP contribution in [0, 0.1) is 0 Å². The van der Waals surface area contributed by atoms with Gasteiger partial charge in [-0.2, -0.15) is 0 Å². The van der Waals surface area contributed by atoms with Crippen LogP contribution in [-0.4, -0.2) is 37.3 Å². The Morgan fingerprint density at radius 3 is 1.96 bits per heavy atom. The maximum Gasteiger partial charge on any atom is 0.211 e. The minimum Gasteiger partial charge on any atom is -0.504 e. The van der Waals surface area contributed by atoms with Gasteiger partial charge in [0, 0.05) is 6.42 Å². The molecule has 0 heterocycles. The summed E-state index contributed by atoms with van der Waals surface area (Å²) in [7, 11) is 3.92. The van der Waals surface area contributed by atoms with E-state index in [1.165, 1.54) is 21.3 Å². The number of hydrogen-bond acceptors (Lipinski definition) is 6. The molecule has 0 bridgehead atoms. The number of phenols is 2. The minimum atomic E-state index is -0.415. The molecule has 2 N–H and O–H groups in total. The van der Waals surface area contributed by atoms with Gasteiger partial charge in [0.25, 0.3) is 0 Å². The highest BCUT2D eigenvalue weighted by atomic mass is 16.5. The van der Waals surface area contributed by atoms with E-state index in [2.05, 4.69) is 0 Å². The summed E-state index contributed by atoms with van der Waals surface area (Å²) in [4.78, 5) is 12.6. The van der Waals surface area contributed by atoms with Crippen LogP contribution in [0.1, 0.15) is 22.3 Å². The largest absolute Gasteiger partial charge is 0.504 e. The lowest BCUT2D eigenvalue weighted by atomic mass is 10.00. The first-order chi connectivity index (χ1) is 11.5. The Labute approximate surface area is 140 Å². The molecule has 0 aliphatic rings. The SMILES string of the molecule is COc1c(O)c(OC)c(C(=O)CCc2ccccc2)c(O)c1OC. The molecule has 0 saturated heterocycles. The van der Waals surface area contributed by atoms with E-state index in [1.807, 2.05) is 30.3 Å². The molecule has 0 radical (unpaired) electrons. The zero-order chi connectivity index (χ0) is 17.7. The van der Waals surface area contributed by atoms with E-state index in [0.29, 0.717) is 6.42 Å². The monoisotopic (exact) mass is 332 g/mol. The normalized spacial score (nSPS) is 10.3. The van der Waals surface area contributed by atoms with Gasteiger partial charge in [-0.3, -0.25) is 4.79 Å². The van der Waals surface area contributed by atoms with E-state index < -0.39 is 11.5 Å². The topological polar surface area (TPSA) is 85.2 Å². The highest BCUT2D eigenvalue weighted by Crippen LogP contribution is 2.52. The van der Waals surface area contributed by atoms with Gasteiger partial charge in [0.05, 0.1) is 21.3 Å². The van der Waals surface area contributed by atoms with Gasteiger partial charge in [0.15, 0.2) is 17.3 Å². The number of aryl methyl sites for hydroxylation is 1. The van der Waals surface area contributed by atoms with Crippen molar-refractivity contribution in [2.45, 2.75) is 12.8 Å². The number of benzene rings is 2. The van der Waals surface area contributed by atoms with Crippen LogP contribution >= 0.6 is 0 Å². The van der Waals surface area contributed by atoms with Crippen molar-refractivity contribution < 1.29 is 29.2 Å². The summed E-state index contributed by atoms with van der Waals surface area (Å²) in [6, 6.07) is 9.50. The molecule has 6 nitrogen and oxygen atoms in total. The number of hydrogen-bond donors (Lipinski definition) is 2. The molecular weight excluding hydrogens is 312 g/mol. The van der Waals surface area contributed by atoms with Crippen molar-refractivity contribution in [3.63, 3.8) is 0 Å². The second-order valence-corrected chi connectivity index (χ2v) is 5.08. The number of ether oxygens (including phenoxy) is 3. The summed E-state index contributed by atoms with van der Waals surface area (Å²) in [6.07, 6.45) is 0.639. The van der Waals surface area contributed by atoms with Crippen molar-refractivity contribution in [1.29, 1.82) is 0 Å². The molecule has 2 aromatic rings. The van der Waals surface area contributed by atoms with Gasteiger partial charge >= 0.3 is 0 Å². The molecule has 6 heteroatoms. The number of carbonyl (C=O) groups excluding carboxylic acids is 1. The number of methoxy groups -OCH3 is 3. The van der Waals surface area contributed by atoms with Gasteiger partial charge in [0.2, 0.25) is 17.2 Å². The molecule has 0 spiro atoms. The lowest BCUT2D eigenvalue weighted by Crippen LogP contribution is -2.07. The lowest BCUT2D eigenvalue weighted by molar-refractivity contribution is 0.0975. The van der Waals surface area contributed by atoms with Gasteiger partial charge < -0.3 is 24.4 Å². The lowest BCUT2D eigenvalue weighted by Gasteiger charge is -2.17. The molecule has 2 aromatic carbocycles. The number of rotatable bonds is 7. The van der Waals surface area contributed by atoms with Crippen LogP contribution < -0.4 is 14.2 Å². The van der Waals surface area contributed by atoms with Crippen LogP contribution in [-0.2, 0) is 6.42 Å². The quantitative estimate of drug-likeness (QED) is 0.599. The van der Waals surface area contributed by atoms with Crippen molar-refractivity contribution in [3.05, 3.63) is 41.5 Å². The highest BCUT2D eigenvalue weighted by molar-refractivity contribution is 6.03. The first-order valence-corrected chi connectivity index (χ1v) is 7.36. The third-order valence-electron chi connectivity index (χ3n) is 3.69. The minimum absolute atomic E-state index is 0.0912. The number of Topliss-reactive ketones (excluding diaryl/α,β-unsaturated/α-hetero) is 1. The molecule has 0 aromatic heterocycles. The summed E-state index contributed by atoms with van der Waals surface area (Å²) in [5, 5.41) is 20.6. The Morgan fingerprint density at radius 2 is 1.42 bits per heavy atom. The zero-order valence-electron chi connectivity index (χ0n) is 13.8. The molecule has 24 heavy (non-hydrogen) atoms. The number of phenolic OH excluding ortho intramolecular Hbond substituents is 2. The van der Waals surface area contributed by atoms with Gasteiger partial charge in [-0.15, -0.1) is 0 Å². The highest BCUT2D eigenvalue weighted by Gasteiger charge is 2.29. The van der Waals surface area contributed by atoms with Crippen molar-refractivity contribution in [3.8, 4) is 28.7 Å². The molecule has 0 aliphatic carbocycles. The summed E-state index contributed by atoms with van der Waals surface area (Å²) in [5.41, 5.74) is 0.873. The van der Waals surface area contributed by atoms with E-state index >= 15 is 0 Å². The van der Waals surface area contributed by atoms with Crippen molar-refractivity contribution in [2.24, 2.45) is 0 Å². The summed E-state index contributed by atoms with van der Waals surface area (Å²) >= 11 is 0. The average molecular weight is 332 g/mol. The number of ketones is 1. The average Bonchev–Trinajstić information content (AvgIpc) is 2.61. The Morgan fingerprint density at radius 1 is 0.875 bits per heavy atom. The van der Waals surface area contributed by atoms with Crippen LogP contribution in [0.2, 0.25) is 0 Å². The van der Waals surface area contributed by atoms with Gasteiger partial charge in [-0.05, 0) is 12.0 Å². The fraction of sp³-hybridized carbons (Fsp3) is 0.278.